The zero-order valence-electron chi connectivity index (χ0n) is 87.5. The molecule has 51 heteroatoms. The minimum absolute atomic E-state index is 0. The second-order valence-electron chi connectivity index (χ2n) is 37.7. The Labute approximate surface area is 894 Å². The van der Waals surface area contributed by atoms with Gasteiger partial charge >= 0.3 is 140 Å². The largest absolute Gasteiger partial charge is 1.00 e. The minimum Gasteiger partial charge on any atom is -0.550 e. The quantitative estimate of drug-likeness (QED) is 0.00564. The fraction of sp³-hybridized carbons (Fsp3) is 0.632. The third-order valence-corrected chi connectivity index (χ3v) is 20.6. The summed E-state index contributed by atoms with van der Waals surface area (Å²) in [4.78, 5) is 130. The molecule has 5 aromatic heterocycles. The van der Waals surface area contributed by atoms with Crippen LogP contribution in [0, 0.1) is 61.6 Å². The number of ketones is 2. The van der Waals surface area contributed by atoms with Crippen molar-refractivity contribution in [3.05, 3.63) is 149 Å². The number of alkyl halides is 9. The van der Waals surface area contributed by atoms with Crippen LogP contribution in [0.25, 0.3) is 0 Å². The summed E-state index contributed by atoms with van der Waals surface area (Å²) in [5, 5.41) is 27.0. The Morgan fingerprint density at radius 3 is 0.932 bits per heavy atom. The number of esters is 5. The summed E-state index contributed by atoms with van der Waals surface area (Å²) < 4.78 is 262. The van der Waals surface area contributed by atoms with Crippen molar-refractivity contribution in [2.24, 2.45) is 32.5 Å². The van der Waals surface area contributed by atoms with Gasteiger partial charge in [0.15, 0.2) is 11.7 Å². The molecule has 32 nitrogen and oxygen atoms in total. The van der Waals surface area contributed by atoms with Crippen molar-refractivity contribution in [2.75, 3.05) is 52.9 Å². The van der Waals surface area contributed by atoms with Crippen molar-refractivity contribution >= 4 is 101 Å². The van der Waals surface area contributed by atoms with Crippen molar-refractivity contribution in [1.29, 1.82) is 0 Å². The number of carboxylic acid groups (broad SMARTS) is 2. The van der Waals surface area contributed by atoms with Gasteiger partial charge < -0.3 is 48.5 Å². The molecular weight excluding hydrogens is 2080 g/mol. The van der Waals surface area contributed by atoms with E-state index in [1.54, 1.807) is 68.4 Å². The van der Waals surface area contributed by atoms with Gasteiger partial charge in [0.1, 0.15) is 41.3 Å². The first-order chi connectivity index (χ1) is 65.8. The summed E-state index contributed by atoms with van der Waals surface area (Å²) in [5.41, 5.74) is -15.6. The van der Waals surface area contributed by atoms with Gasteiger partial charge in [0, 0.05) is 30.6 Å². The van der Waals surface area contributed by atoms with Crippen molar-refractivity contribution in [1.82, 2.24) is 24.9 Å². The molecule has 0 saturated carbocycles. The number of nitrogens with zero attached hydrogens (tertiary/aromatic N) is 5. The van der Waals surface area contributed by atoms with E-state index >= 15 is 0 Å². The molecule has 5 heterocycles. The Bertz CT molecular complexity index is 4880. The van der Waals surface area contributed by atoms with E-state index in [0.29, 0.717) is 79.3 Å². The van der Waals surface area contributed by atoms with Crippen LogP contribution in [0.5, 0.6) is 0 Å². The molecule has 5 rings (SSSR count). The topological polar surface area (TPSA) is 475 Å². The van der Waals surface area contributed by atoms with Gasteiger partial charge in [-0.1, -0.05) is 138 Å². The third-order valence-electron chi connectivity index (χ3n) is 16.9. The van der Waals surface area contributed by atoms with E-state index in [2.05, 4.69) is 145 Å². The van der Waals surface area contributed by atoms with Crippen molar-refractivity contribution in [3.8, 4) is 0 Å². The minimum atomic E-state index is -6.85. The van der Waals surface area contributed by atoms with E-state index in [0.717, 1.165) is 62.7 Å². The molecule has 0 aromatic carbocycles. The molecule has 3 unspecified atom stereocenters. The molecule has 5 aromatic rings. The number of aliphatic carboxylic acids is 2. The first-order valence-electron chi connectivity index (χ1n) is 44.9. The van der Waals surface area contributed by atoms with E-state index in [4.69, 9.17) is 45.5 Å². The summed E-state index contributed by atoms with van der Waals surface area (Å²) in [6, 6.07) is 13.5. The Hall–Kier alpha value is -8.47. The summed E-state index contributed by atoms with van der Waals surface area (Å²) in [6.45, 7) is 52.2. The number of carbonyl (C=O) groups is 10. The number of aliphatic hydroxyl groups is 1. The van der Waals surface area contributed by atoms with Crippen LogP contribution in [0.1, 0.15) is 309 Å². The Balaban J connectivity index is -0.000000297. The fourth-order valence-electron chi connectivity index (χ4n) is 9.83. The van der Waals surface area contributed by atoms with Crippen LogP contribution in [0.3, 0.4) is 0 Å². The fourth-order valence-corrected chi connectivity index (χ4v) is 11.9. The number of carboxylic acids is 2. The third kappa shape index (κ3) is 80.5. The molecule has 0 fully saturated rings. The average Bonchev–Trinajstić information content (AvgIpc) is 0.786. The standard InChI is InChI=1S/C17H24FNO3.C15H22FNO2.C13H18FNO2.C12H14FNO4.C9H10FNO2.C7H13F3O3S.C7H16.C6H14O.C4H6O3.C3H5ClO2.C2F6O5S2.K/c1-5-22-16(21)10-15(20)13(8-9-17(2,3)4)14-7-6-12(18)11-19-14;1-5-19-14(18)12(8-9-15(2,3)4)13-7-6-11(16)10-17-13;1-13(2,3)7-6-10(12(16)17)11-5-4-9(14)8-15-11;1-3-17-11(15)10(12(16)18-4-2)9-6-5-8(13)7-14-9;1-2-13-9(12)5-8-4-3-7(10)6-11-8;1-6(2,3)4-5-13-14(11,12)7(8,9)10;1-5-6-7(2,3)4;1-6(2,3)4-5-7;1-3(5)2-4(6)7;1-2-6-3(4)5;3-1(4,5)14(9,10)13-15(11,12)2(6,7)8;/h6-7,11,13H,5,8-10H2,1-4H3;6-7,10,12H,5,8-9H2,1-4H3;4-5,8,10H,6-7H2,1-3H3,(H,16,17);5-7,10H,3-4H2,1-2H3;3-4,6H,2,5H2,1H3;4-5H2,1-3H3;5-6H2,1-4H3;7H,4-5H2,1-3H3;2H2,1H3,(H,6,7);2H2,1H3;;/q;;;;;;;;;;;+1/p-1. The van der Waals surface area contributed by atoms with Crippen LogP contribution < -0.4 is 56.5 Å². The van der Waals surface area contributed by atoms with E-state index in [-0.39, 0.29) is 141 Å². The number of carbonyl (C=O) groups excluding carboxylic acids is 9. The summed E-state index contributed by atoms with van der Waals surface area (Å²) in [5.74, 6) is -10.6. The van der Waals surface area contributed by atoms with E-state index in [1.807, 2.05) is 3.63 Å². The molecule has 0 bridgehead atoms. The molecule has 0 aliphatic heterocycles. The average molecular weight is 2220 g/mol. The van der Waals surface area contributed by atoms with Crippen molar-refractivity contribution < 1.29 is 238 Å². The first kappa shape index (κ1) is 150. The Morgan fingerprint density at radius 1 is 0.384 bits per heavy atom. The maximum Gasteiger partial charge on any atom is 1.00 e. The molecule has 146 heavy (non-hydrogen) atoms. The van der Waals surface area contributed by atoms with E-state index in [9.17, 15) is 140 Å². The molecule has 2 N–H and O–H groups in total. The van der Waals surface area contributed by atoms with Gasteiger partial charge in [-0.05, 0) is 199 Å². The maximum atomic E-state index is 13.0. The van der Waals surface area contributed by atoms with Crippen LogP contribution in [-0.2, 0) is 116 Å². The molecule has 0 aliphatic carbocycles. The number of Topliss-reactive ketones (excluding diaryl/α,β-unsaturated/α-hetero) is 2. The molecule has 0 radical (unpaired) electrons. The molecule has 0 amide bonds. The summed E-state index contributed by atoms with van der Waals surface area (Å²) >= 11 is 4.72. The van der Waals surface area contributed by atoms with Crippen LogP contribution in [0.2, 0.25) is 0 Å². The number of aliphatic hydroxyl groups excluding tert-OH is 1. The number of rotatable bonds is 34. The molecule has 832 valence electrons. The van der Waals surface area contributed by atoms with E-state index < -0.39 is 148 Å². The monoisotopic (exact) mass is 2220 g/mol. The van der Waals surface area contributed by atoms with Crippen molar-refractivity contribution in [3.63, 3.8) is 0 Å². The van der Waals surface area contributed by atoms with Crippen LogP contribution >= 0.6 is 11.6 Å². The number of ether oxygens (including phenoxy) is 6. The SMILES string of the molecule is CC(=O)CC(=O)[O-].CC(C)(C)CCC(C(=O)O)c1ccc(F)cn1.CC(C)(C)CCO.CC(C)(C)CCOS(=O)(=O)C(F)(F)F.CCCC(C)(C)C.CCOC(=O)C(C(=O)OCC)c1ccc(F)cn1.CCOC(=O)C(CCC(C)(C)C)c1ccc(F)cn1.CCOC(=O)CC(=O)C(CCC(C)(C)C)c1ccc(F)cn1.CCOC(=O)Cc1ccc(F)cn1.CCOC(=O)Cl.O=S(=O)(OS(=O)(=O)C(F)(F)F)C(F)(F)F.[K+]. The molecule has 0 saturated heterocycles. The van der Waals surface area contributed by atoms with Gasteiger partial charge in [0.2, 0.25) is 0 Å². The first-order valence-corrected chi connectivity index (χ1v) is 49.5. The zero-order valence-corrected chi connectivity index (χ0v) is 93.9. The normalized spacial score (nSPS) is 12.1. The zero-order chi connectivity index (χ0) is 115. The number of hydrogen-bond acceptors (Lipinski definition) is 31. The molecular formula is C95H141ClF14KN5O27S3. The van der Waals surface area contributed by atoms with E-state index in [1.165, 1.54) is 68.3 Å². The van der Waals surface area contributed by atoms with Crippen molar-refractivity contribution in [2.45, 2.75) is 304 Å². The van der Waals surface area contributed by atoms with Gasteiger partial charge in [-0.2, -0.15) is 64.8 Å². The number of pyridine rings is 5. The summed E-state index contributed by atoms with van der Waals surface area (Å²) in [7, 11) is -19.1. The van der Waals surface area contributed by atoms with Gasteiger partial charge in [-0.15, -0.1) is 3.63 Å². The van der Waals surface area contributed by atoms with Gasteiger partial charge in [-0.25, -0.2) is 26.7 Å². The maximum absolute atomic E-state index is 13.0. The van der Waals surface area contributed by atoms with Gasteiger partial charge in [0.05, 0.1) is 130 Å². The molecule has 3 atom stereocenters. The van der Waals surface area contributed by atoms with Gasteiger partial charge in [-0.3, -0.25) is 67.5 Å². The van der Waals surface area contributed by atoms with Crippen LogP contribution in [0.15, 0.2) is 91.6 Å². The predicted octanol–water partition coefficient (Wildman–Crippen LogP) is 17.7. The second kappa shape index (κ2) is 73.6. The second-order valence-corrected chi connectivity index (χ2v) is 42.9. The smallest absolute Gasteiger partial charge is 0.550 e. The number of aromatic nitrogens is 5. The van der Waals surface area contributed by atoms with Gasteiger partial charge in [0.25, 0.3) is 0 Å². The Morgan fingerprint density at radius 2 is 0.685 bits per heavy atom. The number of hydrogen-bond donors (Lipinski definition) is 2. The Kier molecular flexibility index (Phi) is 75.9. The predicted molar refractivity (Wildman–Crippen MR) is 507 cm³/mol. The summed E-state index contributed by atoms with van der Waals surface area (Å²) in [6.07, 6.45) is 12.6. The van der Waals surface area contributed by atoms with Crippen LogP contribution in [0.4, 0.5) is 66.3 Å². The van der Waals surface area contributed by atoms with Crippen LogP contribution in [-0.4, -0.2) is 189 Å². The number of halogens is 15. The molecule has 0 aliphatic rings. The molecule has 0 spiro atoms.